The topological polar surface area (TPSA) is 54.6 Å². The number of aromatic amines is 1. The quantitative estimate of drug-likeness (QED) is 0.582. The van der Waals surface area contributed by atoms with Crippen LogP contribution in [0.25, 0.3) is 0 Å². The fraction of sp³-hybridized carbons (Fsp3) is 0.500. The largest absolute Gasteiger partial charge is 0.464 e. The van der Waals surface area contributed by atoms with Crippen LogP contribution in [0, 0.1) is 0 Å². The molecule has 2 rings (SSSR count). The van der Waals surface area contributed by atoms with E-state index in [0.29, 0.717) is 6.61 Å². The van der Waals surface area contributed by atoms with Crippen LogP contribution in [0.5, 0.6) is 0 Å². The second kappa shape index (κ2) is 3.13. The molecule has 0 saturated carbocycles. The summed E-state index contributed by atoms with van der Waals surface area (Å²) >= 11 is 0. The van der Waals surface area contributed by atoms with Crippen LogP contribution in [0.1, 0.15) is 19.4 Å². The van der Waals surface area contributed by atoms with E-state index in [4.69, 9.17) is 9.47 Å². The molecular weight excluding hydrogens is 182 g/mol. The predicted molar refractivity (Wildman–Crippen MR) is 49.7 cm³/mol. The lowest BCUT2D eigenvalue weighted by molar-refractivity contribution is -0.144. The number of aromatic nitrogens is 1. The van der Waals surface area contributed by atoms with Gasteiger partial charge in [-0.2, -0.15) is 0 Å². The van der Waals surface area contributed by atoms with E-state index in [1.54, 1.807) is 6.92 Å². The van der Waals surface area contributed by atoms with E-state index < -0.39 is 11.7 Å². The molecule has 4 nitrogen and oxygen atoms in total. The lowest BCUT2D eigenvalue weighted by atomic mass is 10.0. The molecular formula is C10H13NO3. The third-order valence-corrected chi connectivity index (χ3v) is 2.48. The standard InChI is InChI=1S/C10H13NO3/c1-3-13-9(12)8-10(2,14-8)7-4-5-11-6-7/h4-6,8,11H,3H2,1-2H3. The van der Waals surface area contributed by atoms with Crippen molar-refractivity contribution >= 4 is 5.97 Å². The second-order valence-corrected chi connectivity index (χ2v) is 3.46. The summed E-state index contributed by atoms with van der Waals surface area (Å²) in [6.07, 6.45) is 3.20. The van der Waals surface area contributed by atoms with Crippen molar-refractivity contribution in [3.63, 3.8) is 0 Å². The molecule has 1 aromatic heterocycles. The molecule has 2 unspecified atom stereocenters. The highest BCUT2D eigenvalue weighted by Gasteiger charge is 2.59. The SMILES string of the molecule is CCOC(=O)C1OC1(C)c1cc[nH]c1. The molecule has 2 heterocycles. The van der Waals surface area contributed by atoms with Gasteiger partial charge in [0.2, 0.25) is 0 Å². The minimum Gasteiger partial charge on any atom is -0.464 e. The molecule has 0 aromatic carbocycles. The molecule has 0 bridgehead atoms. The summed E-state index contributed by atoms with van der Waals surface area (Å²) in [7, 11) is 0. The van der Waals surface area contributed by atoms with Crippen molar-refractivity contribution < 1.29 is 14.3 Å². The van der Waals surface area contributed by atoms with Gasteiger partial charge in [0, 0.05) is 18.0 Å². The van der Waals surface area contributed by atoms with Crippen LogP contribution in [0.3, 0.4) is 0 Å². The number of hydrogen-bond acceptors (Lipinski definition) is 3. The Morgan fingerprint density at radius 2 is 2.57 bits per heavy atom. The maximum atomic E-state index is 11.4. The van der Waals surface area contributed by atoms with Crippen LogP contribution < -0.4 is 0 Å². The monoisotopic (exact) mass is 195 g/mol. The Hall–Kier alpha value is -1.29. The summed E-state index contributed by atoms with van der Waals surface area (Å²) in [4.78, 5) is 14.3. The summed E-state index contributed by atoms with van der Waals surface area (Å²) in [5.74, 6) is -0.281. The van der Waals surface area contributed by atoms with E-state index in [1.807, 2.05) is 25.4 Å². The number of ether oxygens (including phenoxy) is 2. The van der Waals surface area contributed by atoms with Crippen molar-refractivity contribution in [3.05, 3.63) is 24.0 Å². The number of carbonyl (C=O) groups is 1. The Morgan fingerprint density at radius 3 is 3.14 bits per heavy atom. The van der Waals surface area contributed by atoms with Gasteiger partial charge in [-0.3, -0.25) is 0 Å². The Kier molecular flexibility index (Phi) is 2.07. The second-order valence-electron chi connectivity index (χ2n) is 3.46. The molecule has 1 saturated heterocycles. The van der Waals surface area contributed by atoms with Gasteiger partial charge in [-0.05, 0) is 19.9 Å². The van der Waals surface area contributed by atoms with Crippen molar-refractivity contribution in [3.8, 4) is 0 Å². The average molecular weight is 195 g/mol. The summed E-state index contributed by atoms with van der Waals surface area (Å²) in [6, 6.07) is 1.90. The molecule has 1 aliphatic heterocycles. The van der Waals surface area contributed by atoms with Crippen molar-refractivity contribution in [2.45, 2.75) is 25.6 Å². The Balaban J connectivity index is 2.06. The summed E-state index contributed by atoms with van der Waals surface area (Å²) < 4.78 is 10.3. The van der Waals surface area contributed by atoms with E-state index in [2.05, 4.69) is 4.98 Å². The molecule has 0 spiro atoms. The van der Waals surface area contributed by atoms with Crippen molar-refractivity contribution in [1.29, 1.82) is 0 Å². The first-order valence-corrected chi connectivity index (χ1v) is 4.66. The zero-order valence-corrected chi connectivity index (χ0v) is 8.24. The van der Waals surface area contributed by atoms with Crippen LogP contribution in [0.15, 0.2) is 18.5 Å². The molecule has 0 amide bonds. The summed E-state index contributed by atoms with van der Waals surface area (Å²) in [5.41, 5.74) is 0.488. The lowest BCUT2D eigenvalue weighted by Gasteiger charge is -2.02. The zero-order valence-electron chi connectivity index (χ0n) is 8.24. The Morgan fingerprint density at radius 1 is 1.79 bits per heavy atom. The van der Waals surface area contributed by atoms with Crippen molar-refractivity contribution in [2.24, 2.45) is 0 Å². The van der Waals surface area contributed by atoms with Gasteiger partial charge in [-0.1, -0.05) is 0 Å². The van der Waals surface area contributed by atoms with E-state index in [-0.39, 0.29) is 5.97 Å². The fourth-order valence-electron chi connectivity index (χ4n) is 1.55. The molecule has 2 atom stereocenters. The van der Waals surface area contributed by atoms with E-state index >= 15 is 0 Å². The van der Waals surface area contributed by atoms with Gasteiger partial charge in [0.25, 0.3) is 0 Å². The summed E-state index contributed by atoms with van der Waals surface area (Å²) in [6.45, 7) is 4.06. The maximum Gasteiger partial charge on any atom is 0.338 e. The smallest absolute Gasteiger partial charge is 0.338 e. The number of hydrogen-bond donors (Lipinski definition) is 1. The molecule has 4 heteroatoms. The first kappa shape index (κ1) is 9.27. The third-order valence-electron chi connectivity index (χ3n) is 2.48. The molecule has 14 heavy (non-hydrogen) atoms. The molecule has 1 N–H and O–H groups in total. The fourth-order valence-corrected chi connectivity index (χ4v) is 1.55. The molecule has 0 radical (unpaired) electrons. The number of carbonyl (C=O) groups excluding carboxylic acids is 1. The predicted octanol–water partition coefficient (Wildman–Crippen LogP) is 1.19. The van der Waals surface area contributed by atoms with Crippen molar-refractivity contribution in [2.75, 3.05) is 6.61 Å². The number of H-pyrrole nitrogens is 1. The first-order valence-electron chi connectivity index (χ1n) is 4.66. The highest BCUT2D eigenvalue weighted by atomic mass is 16.7. The van der Waals surface area contributed by atoms with Crippen LogP contribution in [-0.4, -0.2) is 23.7 Å². The number of epoxide rings is 1. The Bertz CT molecular complexity index is 333. The molecule has 0 aliphatic carbocycles. The van der Waals surface area contributed by atoms with Crippen molar-refractivity contribution in [1.82, 2.24) is 4.98 Å². The maximum absolute atomic E-state index is 11.4. The van der Waals surface area contributed by atoms with E-state index in [0.717, 1.165) is 5.56 Å². The van der Waals surface area contributed by atoms with Crippen LogP contribution in [0.2, 0.25) is 0 Å². The first-order chi connectivity index (χ1) is 6.68. The van der Waals surface area contributed by atoms with Gasteiger partial charge in [0.1, 0.15) is 5.60 Å². The third kappa shape index (κ3) is 1.32. The van der Waals surface area contributed by atoms with E-state index in [1.165, 1.54) is 0 Å². The van der Waals surface area contributed by atoms with E-state index in [9.17, 15) is 4.79 Å². The average Bonchev–Trinajstić information content (AvgIpc) is 2.67. The number of esters is 1. The molecule has 1 fully saturated rings. The normalized spacial score (nSPS) is 30.0. The lowest BCUT2D eigenvalue weighted by Crippen LogP contribution is -2.18. The zero-order chi connectivity index (χ0) is 10.2. The van der Waals surface area contributed by atoms with Gasteiger partial charge in [0.15, 0.2) is 6.10 Å². The van der Waals surface area contributed by atoms with Gasteiger partial charge < -0.3 is 14.5 Å². The highest BCUT2D eigenvalue weighted by molar-refractivity contribution is 5.79. The molecule has 1 aromatic rings. The number of nitrogens with one attached hydrogen (secondary N) is 1. The Labute approximate surface area is 82.2 Å². The number of rotatable bonds is 3. The van der Waals surface area contributed by atoms with Crippen LogP contribution >= 0.6 is 0 Å². The minimum atomic E-state index is -0.494. The highest BCUT2D eigenvalue weighted by Crippen LogP contribution is 2.46. The summed E-state index contributed by atoms with van der Waals surface area (Å²) in [5, 5.41) is 0. The van der Waals surface area contributed by atoms with Gasteiger partial charge in [0.05, 0.1) is 6.61 Å². The van der Waals surface area contributed by atoms with Gasteiger partial charge in [-0.15, -0.1) is 0 Å². The van der Waals surface area contributed by atoms with Crippen LogP contribution in [0.4, 0.5) is 0 Å². The molecule has 1 aliphatic rings. The van der Waals surface area contributed by atoms with Gasteiger partial charge in [-0.25, -0.2) is 4.79 Å². The minimum absolute atomic E-state index is 0.281. The van der Waals surface area contributed by atoms with Gasteiger partial charge >= 0.3 is 5.97 Å². The van der Waals surface area contributed by atoms with Crippen LogP contribution in [-0.2, 0) is 19.9 Å². The molecule has 76 valence electrons.